The lowest BCUT2D eigenvalue weighted by Gasteiger charge is -2.15. The summed E-state index contributed by atoms with van der Waals surface area (Å²) in [5, 5.41) is 9.71. The predicted octanol–water partition coefficient (Wildman–Crippen LogP) is 5.15. The summed E-state index contributed by atoms with van der Waals surface area (Å²) in [4.78, 5) is 15.6. The van der Waals surface area contributed by atoms with Gasteiger partial charge in [0.15, 0.2) is 9.75 Å². The van der Waals surface area contributed by atoms with Crippen LogP contribution in [0.3, 0.4) is 0 Å². The van der Waals surface area contributed by atoms with Gasteiger partial charge in [-0.25, -0.2) is 0 Å². The molecule has 0 aromatic carbocycles. The largest absolute Gasteiger partial charge is 0.502 e. The van der Waals surface area contributed by atoms with Crippen LogP contribution in [-0.2, 0) is 4.79 Å². The first-order valence-corrected chi connectivity index (χ1v) is 8.59. The second-order valence-electron chi connectivity index (χ2n) is 5.11. The van der Waals surface area contributed by atoms with Crippen LogP contribution < -0.4 is 0 Å². The molecule has 3 nitrogen and oxygen atoms in total. The van der Waals surface area contributed by atoms with Gasteiger partial charge in [-0.05, 0) is 28.1 Å². The first-order valence-electron chi connectivity index (χ1n) is 6.57. The fourth-order valence-corrected chi connectivity index (χ4v) is 5.61. The fraction of sp³-hybridized carbons (Fsp3) is 0.200. The molecule has 0 radical (unpaired) electrons. The van der Waals surface area contributed by atoms with Gasteiger partial charge in [0, 0.05) is 41.4 Å². The molecule has 24 heavy (non-hydrogen) atoms. The molecule has 0 saturated heterocycles. The molecule has 9 heteroatoms. The van der Waals surface area contributed by atoms with Crippen LogP contribution in [0.4, 0.5) is 17.6 Å². The third-order valence-corrected chi connectivity index (χ3v) is 7.19. The number of nitrogens with zero attached hydrogens (tertiary/aromatic N) is 1. The number of aromatic nitrogens is 1. The van der Waals surface area contributed by atoms with Gasteiger partial charge in [0.2, 0.25) is 5.76 Å². The van der Waals surface area contributed by atoms with Crippen molar-refractivity contribution in [1.29, 1.82) is 0 Å². The van der Waals surface area contributed by atoms with Crippen molar-refractivity contribution in [3.8, 4) is 10.4 Å². The monoisotopic (exact) mass is 422 g/mol. The summed E-state index contributed by atoms with van der Waals surface area (Å²) in [7, 11) is -1.53. The molecule has 1 aliphatic carbocycles. The first kappa shape index (κ1) is 17.1. The SMILES string of the molecule is Cc1c(Br)cc(-c2ccncc2)[s+]1C1=C(O)C(F)(F)C(F)(F)C1=O. The lowest BCUT2D eigenvalue weighted by molar-refractivity contribution is -0.190. The Balaban J connectivity index is 2.32. The second kappa shape index (κ2) is 5.38. The van der Waals surface area contributed by atoms with Gasteiger partial charge < -0.3 is 5.11 Å². The van der Waals surface area contributed by atoms with Crippen molar-refractivity contribution in [2.45, 2.75) is 18.8 Å². The second-order valence-corrected chi connectivity index (χ2v) is 8.04. The van der Waals surface area contributed by atoms with E-state index >= 15 is 0 Å². The molecule has 0 saturated carbocycles. The molecule has 1 aliphatic rings. The minimum absolute atomic E-state index is 0.380. The third-order valence-electron chi connectivity index (χ3n) is 3.69. The van der Waals surface area contributed by atoms with Gasteiger partial charge in [-0.2, -0.15) is 17.6 Å². The number of halogens is 5. The van der Waals surface area contributed by atoms with Crippen LogP contribution in [0.5, 0.6) is 0 Å². The molecule has 1 atom stereocenters. The summed E-state index contributed by atoms with van der Waals surface area (Å²) in [6.07, 6.45) is 2.90. The summed E-state index contributed by atoms with van der Waals surface area (Å²) in [5.74, 6) is -13.8. The van der Waals surface area contributed by atoms with Crippen LogP contribution in [0, 0.1) is 6.92 Å². The van der Waals surface area contributed by atoms with Gasteiger partial charge in [0.1, 0.15) is 0 Å². The average Bonchev–Trinajstić information content (AvgIpc) is 2.89. The van der Waals surface area contributed by atoms with E-state index in [1.165, 1.54) is 19.3 Å². The predicted molar refractivity (Wildman–Crippen MR) is 85.3 cm³/mol. The van der Waals surface area contributed by atoms with E-state index in [0.717, 1.165) is 0 Å². The maximum atomic E-state index is 13.7. The molecular formula is C15H9BrF4NO2S+. The number of carbonyl (C=O) groups excluding carboxylic acids is 1. The molecule has 126 valence electrons. The summed E-state index contributed by atoms with van der Waals surface area (Å²) in [6.45, 7) is 1.53. The number of allylic oxidation sites excluding steroid dienone is 2. The molecule has 1 N–H and O–H groups in total. The Morgan fingerprint density at radius 1 is 1.17 bits per heavy atom. The van der Waals surface area contributed by atoms with E-state index in [1.807, 2.05) is 0 Å². The standard InChI is InChI=1S/C15H8BrF4NO2S/c1-7-9(16)6-10(8-2-4-21-5-3-8)24(7)11-12(22)14(17,18)15(19,20)13(11)23/h2-6H,1H3/p+1. The van der Waals surface area contributed by atoms with Gasteiger partial charge in [-0.1, -0.05) is 0 Å². The van der Waals surface area contributed by atoms with Gasteiger partial charge in [0.25, 0.3) is 10.7 Å². The summed E-state index contributed by atoms with van der Waals surface area (Å²) >= 11 is 3.23. The first-order chi connectivity index (χ1) is 11.1. The average molecular weight is 423 g/mol. The minimum Gasteiger partial charge on any atom is -0.502 e. The van der Waals surface area contributed by atoms with Crippen molar-refractivity contribution in [2.24, 2.45) is 0 Å². The summed E-state index contributed by atoms with van der Waals surface area (Å²) in [6, 6.07) is 4.70. The Hall–Kier alpha value is -1.74. The molecular weight excluding hydrogens is 414 g/mol. The van der Waals surface area contributed by atoms with Crippen molar-refractivity contribution in [3.05, 3.63) is 45.7 Å². The van der Waals surface area contributed by atoms with E-state index in [4.69, 9.17) is 0 Å². The molecule has 0 aliphatic heterocycles. The number of aliphatic hydroxyl groups is 1. The van der Waals surface area contributed by atoms with Gasteiger partial charge in [-0.15, -0.1) is 0 Å². The van der Waals surface area contributed by atoms with Crippen LogP contribution in [0.25, 0.3) is 15.3 Å². The Kier molecular flexibility index (Phi) is 3.83. The Bertz CT molecular complexity index is 877. The van der Waals surface area contributed by atoms with E-state index in [0.29, 0.717) is 19.8 Å². The van der Waals surface area contributed by atoms with Gasteiger partial charge in [0.05, 0.1) is 4.47 Å². The lowest BCUT2D eigenvalue weighted by atomic mass is 10.2. The maximum absolute atomic E-state index is 13.7. The highest BCUT2D eigenvalue weighted by molar-refractivity contribution is 9.10. The number of alkyl halides is 4. The van der Waals surface area contributed by atoms with E-state index < -0.39 is 38.8 Å². The van der Waals surface area contributed by atoms with E-state index in [1.54, 1.807) is 18.2 Å². The number of ketones is 1. The van der Waals surface area contributed by atoms with Crippen molar-refractivity contribution < 1.29 is 27.5 Å². The maximum Gasteiger partial charge on any atom is 0.384 e. The highest BCUT2D eigenvalue weighted by atomic mass is 79.9. The summed E-state index contributed by atoms with van der Waals surface area (Å²) in [5.41, 5.74) is 0.536. The van der Waals surface area contributed by atoms with Crippen LogP contribution in [0.15, 0.2) is 40.8 Å². The number of pyridine rings is 1. The minimum atomic E-state index is -4.96. The highest BCUT2D eigenvalue weighted by Crippen LogP contribution is 2.58. The van der Waals surface area contributed by atoms with Crippen molar-refractivity contribution >= 4 is 37.1 Å². The lowest BCUT2D eigenvalue weighted by Crippen LogP contribution is -2.42. The van der Waals surface area contributed by atoms with E-state index in [9.17, 15) is 27.5 Å². The molecule has 2 aromatic heterocycles. The van der Waals surface area contributed by atoms with Crippen molar-refractivity contribution in [2.75, 3.05) is 0 Å². The number of aliphatic hydroxyl groups excluding tert-OH is 1. The highest BCUT2D eigenvalue weighted by Gasteiger charge is 2.75. The van der Waals surface area contributed by atoms with Gasteiger partial charge >= 0.3 is 11.8 Å². The van der Waals surface area contributed by atoms with Crippen LogP contribution >= 0.6 is 26.4 Å². The quantitative estimate of drug-likeness (QED) is 0.537. The molecule has 3 rings (SSSR count). The van der Waals surface area contributed by atoms with Crippen LogP contribution in [0.2, 0.25) is 0 Å². The molecule has 0 fully saturated rings. The van der Waals surface area contributed by atoms with Crippen LogP contribution in [0.1, 0.15) is 4.88 Å². The smallest absolute Gasteiger partial charge is 0.384 e. The fourth-order valence-electron chi connectivity index (χ4n) is 2.39. The van der Waals surface area contributed by atoms with Crippen LogP contribution in [-0.4, -0.2) is 27.7 Å². The molecule has 2 heterocycles. The zero-order valence-electron chi connectivity index (χ0n) is 12.0. The Morgan fingerprint density at radius 3 is 2.25 bits per heavy atom. The summed E-state index contributed by atoms with van der Waals surface area (Å²) < 4.78 is 55.2. The van der Waals surface area contributed by atoms with Crippen molar-refractivity contribution in [3.63, 3.8) is 0 Å². The zero-order valence-corrected chi connectivity index (χ0v) is 14.4. The number of carbonyl (C=O) groups is 1. The number of rotatable bonds is 2. The number of thiophene rings is 1. The van der Waals surface area contributed by atoms with E-state index in [2.05, 4.69) is 20.9 Å². The number of Topliss-reactive ketones (excluding diaryl/α,β-unsaturated/α-hetero) is 1. The van der Waals surface area contributed by atoms with Crippen molar-refractivity contribution in [1.82, 2.24) is 4.98 Å². The Labute approximate surface area is 144 Å². The zero-order chi connectivity index (χ0) is 17.9. The molecule has 1 unspecified atom stereocenters. The van der Waals surface area contributed by atoms with Gasteiger partial charge in [-0.3, -0.25) is 9.78 Å². The molecule has 0 spiro atoms. The Morgan fingerprint density at radius 2 is 1.75 bits per heavy atom. The van der Waals surface area contributed by atoms with E-state index in [-0.39, 0.29) is 0 Å². The number of hydrogen-bond acceptors (Lipinski definition) is 3. The third kappa shape index (κ3) is 2.14. The molecule has 2 aromatic rings. The molecule has 0 amide bonds. The molecule has 0 bridgehead atoms. The topological polar surface area (TPSA) is 50.2 Å². The number of hydrogen-bond donors (Lipinski definition) is 1. The normalized spacial score (nSPS) is 19.9.